The van der Waals surface area contributed by atoms with E-state index in [9.17, 15) is 5.21 Å². The molecule has 0 heterocycles. The smallest absolute Gasteiger partial charge is 0.00891 e. The Bertz CT molecular complexity index is 210. The maximum absolute atomic E-state index is 9.96. The first-order chi connectivity index (χ1) is 4.83. The zero-order chi connectivity index (χ0) is 7.40. The number of hydrogen-bond acceptors (Lipinski definition) is 2. The van der Waals surface area contributed by atoms with E-state index in [1.807, 2.05) is 36.7 Å². The molecular formula is C8H10NO-. The monoisotopic (exact) mass is 136 g/mol. The Labute approximate surface area is 60.5 Å². The third-order valence-corrected chi connectivity index (χ3v) is 1.36. The molecule has 0 aliphatic carbocycles. The standard InChI is InChI=1S/C8H10NO/c1-7-3-2-4-8(5-7)6-9-10/h2-5,9H,6H2,1H3/q-1. The predicted molar refractivity (Wildman–Crippen MR) is 41.4 cm³/mol. The summed E-state index contributed by atoms with van der Waals surface area (Å²) in [6.07, 6.45) is 0. The number of rotatable bonds is 2. The third-order valence-electron chi connectivity index (χ3n) is 1.36. The quantitative estimate of drug-likeness (QED) is 0.626. The summed E-state index contributed by atoms with van der Waals surface area (Å²) in [5.74, 6) is 0. The van der Waals surface area contributed by atoms with Gasteiger partial charge < -0.3 is 10.7 Å². The Morgan fingerprint density at radius 3 is 2.90 bits per heavy atom. The number of hydroxylamine groups is 1. The largest absolute Gasteiger partial charge is 0.788 e. The summed E-state index contributed by atoms with van der Waals surface area (Å²) in [5, 5.41) is 9.96. The zero-order valence-electron chi connectivity index (χ0n) is 5.92. The Morgan fingerprint density at radius 2 is 2.30 bits per heavy atom. The van der Waals surface area contributed by atoms with Gasteiger partial charge in [0.2, 0.25) is 0 Å². The number of aryl methyl sites for hydroxylation is 1. The number of hydrogen-bond donors (Lipinski definition) is 1. The molecule has 1 rings (SSSR count). The van der Waals surface area contributed by atoms with E-state index in [0.717, 1.165) is 5.56 Å². The highest BCUT2D eigenvalue weighted by molar-refractivity contribution is 5.21. The lowest BCUT2D eigenvalue weighted by molar-refractivity contribution is 0.874. The van der Waals surface area contributed by atoms with Crippen LogP contribution in [0.3, 0.4) is 0 Å². The molecule has 0 saturated heterocycles. The molecule has 0 fully saturated rings. The van der Waals surface area contributed by atoms with Crippen molar-refractivity contribution in [2.45, 2.75) is 13.5 Å². The van der Waals surface area contributed by atoms with E-state index < -0.39 is 0 Å². The maximum Gasteiger partial charge on any atom is 0.00891 e. The fourth-order valence-electron chi connectivity index (χ4n) is 0.905. The van der Waals surface area contributed by atoms with Crippen LogP contribution in [0.5, 0.6) is 0 Å². The van der Waals surface area contributed by atoms with Gasteiger partial charge in [0.1, 0.15) is 0 Å². The second-order valence-electron chi connectivity index (χ2n) is 2.31. The van der Waals surface area contributed by atoms with Crippen molar-refractivity contribution >= 4 is 0 Å². The molecule has 0 atom stereocenters. The number of nitrogens with one attached hydrogen (secondary N) is 1. The Hall–Kier alpha value is -0.860. The van der Waals surface area contributed by atoms with Crippen molar-refractivity contribution in [3.05, 3.63) is 40.6 Å². The second kappa shape index (κ2) is 3.34. The summed E-state index contributed by atoms with van der Waals surface area (Å²) < 4.78 is 0. The fourth-order valence-corrected chi connectivity index (χ4v) is 0.905. The highest BCUT2D eigenvalue weighted by atomic mass is 16.5. The van der Waals surface area contributed by atoms with Crippen LogP contribution < -0.4 is 5.48 Å². The molecule has 0 radical (unpaired) electrons. The van der Waals surface area contributed by atoms with Crippen molar-refractivity contribution < 1.29 is 0 Å². The van der Waals surface area contributed by atoms with E-state index in [4.69, 9.17) is 0 Å². The van der Waals surface area contributed by atoms with E-state index >= 15 is 0 Å². The highest BCUT2D eigenvalue weighted by Crippen LogP contribution is 2.02. The minimum Gasteiger partial charge on any atom is -0.788 e. The van der Waals surface area contributed by atoms with Crippen LogP contribution in [0, 0.1) is 12.1 Å². The topological polar surface area (TPSA) is 35.1 Å². The minimum atomic E-state index is 0.404. The van der Waals surface area contributed by atoms with Gasteiger partial charge in [-0.1, -0.05) is 29.8 Å². The van der Waals surface area contributed by atoms with Crippen molar-refractivity contribution in [2.75, 3.05) is 0 Å². The van der Waals surface area contributed by atoms with E-state index in [-0.39, 0.29) is 0 Å². The van der Waals surface area contributed by atoms with Crippen LogP contribution in [0.1, 0.15) is 11.1 Å². The van der Waals surface area contributed by atoms with Gasteiger partial charge in [0.15, 0.2) is 0 Å². The van der Waals surface area contributed by atoms with Gasteiger partial charge in [-0.3, -0.25) is 0 Å². The van der Waals surface area contributed by atoms with Crippen LogP contribution in [0.15, 0.2) is 24.3 Å². The van der Waals surface area contributed by atoms with Gasteiger partial charge in [-0.05, 0) is 12.5 Å². The van der Waals surface area contributed by atoms with Crippen LogP contribution >= 0.6 is 0 Å². The zero-order valence-corrected chi connectivity index (χ0v) is 5.92. The van der Waals surface area contributed by atoms with Crippen LogP contribution in [-0.2, 0) is 6.54 Å². The SMILES string of the molecule is Cc1cccc(CN[O-])c1. The van der Waals surface area contributed by atoms with Gasteiger partial charge >= 0.3 is 0 Å². The van der Waals surface area contributed by atoms with Gasteiger partial charge in [-0.2, -0.15) is 0 Å². The highest BCUT2D eigenvalue weighted by Gasteiger charge is 1.86. The van der Waals surface area contributed by atoms with Crippen LogP contribution in [0.2, 0.25) is 0 Å². The lowest BCUT2D eigenvalue weighted by Crippen LogP contribution is -2.02. The van der Waals surface area contributed by atoms with Crippen molar-refractivity contribution in [3.63, 3.8) is 0 Å². The molecule has 0 aliphatic heterocycles. The van der Waals surface area contributed by atoms with Crippen molar-refractivity contribution in [3.8, 4) is 0 Å². The first-order valence-electron chi connectivity index (χ1n) is 3.23. The number of benzene rings is 1. The van der Waals surface area contributed by atoms with Crippen molar-refractivity contribution in [1.82, 2.24) is 5.48 Å². The average Bonchev–Trinajstić information content (AvgIpc) is 1.88. The van der Waals surface area contributed by atoms with Gasteiger partial charge in [0.25, 0.3) is 0 Å². The lowest BCUT2D eigenvalue weighted by atomic mass is 10.1. The molecule has 10 heavy (non-hydrogen) atoms. The molecule has 0 unspecified atom stereocenters. The third kappa shape index (κ3) is 1.83. The molecule has 0 amide bonds. The molecule has 0 spiro atoms. The predicted octanol–water partition coefficient (Wildman–Crippen LogP) is 1.58. The molecular weight excluding hydrogens is 126 g/mol. The van der Waals surface area contributed by atoms with Gasteiger partial charge in [0, 0.05) is 6.54 Å². The maximum atomic E-state index is 9.96. The molecule has 0 bridgehead atoms. The average molecular weight is 136 g/mol. The first-order valence-corrected chi connectivity index (χ1v) is 3.23. The molecule has 1 aromatic carbocycles. The fraction of sp³-hybridized carbons (Fsp3) is 0.250. The van der Waals surface area contributed by atoms with Crippen LogP contribution in [0.4, 0.5) is 0 Å². The normalized spacial score (nSPS) is 9.80. The molecule has 1 aromatic rings. The van der Waals surface area contributed by atoms with E-state index in [1.165, 1.54) is 5.56 Å². The van der Waals surface area contributed by atoms with E-state index in [0.29, 0.717) is 6.54 Å². The molecule has 0 aliphatic rings. The Morgan fingerprint density at radius 1 is 1.50 bits per heavy atom. The van der Waals surface area contributed by atoms with Crippen molar-refractivity contribution in [2.24, 2.45) is 0 Å². The molecule has 0 saturated carbocycles. The second-order valence-corrected chi connectivity index (χ2v) is 2.31. The van der Waals surface area contributed by atoms with Crippen LogP contribution in [0.25, 0.3) is 0 Å². The minimum absolute atomic E-state index is 0.404. The van der Waals surface area contributed by atoms with E-state index in [1.54, 1.807) is 0 Å². The summed E-state index contributed by atoms with van der Waals surface area (Å²) in [5.41, 5.74) is 4.09. The molecule has 1 N–H and O–H groups in total. The van der Waals surface area contributed by atoms with Crippen molar-refractivity contribution in [1.29, 1.82) is 0 Å². The van der Waals surface area contributed by atoms with E-state index in [2.05, 4.69) is 0 Å². The summed E-state index contributed by atoms with van der Waals surface area (Å²) >= 11 is 0. The Kier molecular flexibility index (Phi) is 2.42. The Balaban J connectivity index is 2.75. The molecule has 2 nitrogen and oxygen atoms in total. The summed E-state index contributed by atoms with van der Waals surface area (Å²) in [4.78, 5) is 0. The van der Waals surface area contributed by atoms with Gasteiger partial charge in [-0.15, -0.1) is 0 Å². The molecule has 0 aromatic heterocycles. The molecule has 2 heteroatoms. The van der Waals surface area contributed by atoms with Gasteiger partial charge in [0.05, 0.1) is 0 Å². The van der Waals surface area contributed by atoms with Gasteiger partial charge in [-0.25, -0.2) is 0 Å². The van der Waals surface area contributed by atoms with Crippen LogP contribution in [-0.4, -0.2) is 0 Å². The molecule has 54 valence electrons. The first kappa shape index (κ1) is 7.25. The summed E-state index contributed by atoms with van der Waals surface area (Å²) in [6, 6.07) is 7.87. The summed E-state index contributed by atoms with van der Waals surface area (Å²) in [7, 11) is 0. The summed E-state index contributed by atoms with van der Waals surface area (Å²) in [6.45, 7) is 2.41. The lowest BCUT2D eigenvalue weighted by Gasteiger charge is -2.06.